The molecule has 0 fully saturated rings. The molecule has 0 unspecified atom stereocenters. The topological polar surface area (TPSA) is 76.2 Å². The highest BCUT2D eigenvalue weighted by Gasteiger charge is 2.14. The number of carbonyl (C=O) groups is 1. The number of hydrogen-bond donors (Lipinski definition) is 2. The Morgan fingerprint density at radius 3 is 2.93 bits per heavy atom. The van der Waals surface area contributed by atoms with Gasteiger partial charge in [0.05, 0.1) is 15.3 Å². The van der Waals surface area contributed by atoms with Gasteiger partial charge in [0.2, 0.25) is 0 Å². The molecule has 0 amide bonds. The number of fused-ring (bicyclic) bond motifs is 1. The van der Waals surface area contributed by atoms with Crippen LogP contribution in [0.4, 0.5) is 5.13 Å². The van der Waals surface area contributed by atoms with Crippen LogP contribution in [0.1, 0.15) is 10.4 Å². The first-order valence-corrected chi connectivity index (χ1v) is 4.87. The molecule has 2 aromatic rings. The van der Waals surface area contributed by atoms with E-state index in [0.717, 1.165) is 11.3 Å². The van der Waals surface area contributed by atoms with Gasteiger partial charge in [-0.2, -0.15) is 0 Å². The molecule has 0 spiro atoms. The van der Waals surface area contributed by atoms with Crippen molar-refractivity contribution in [2.24, 2.45) is 0 Å². The largest absolute Gasteiger partial charge is 0.478 e. The van der Waals surface area contributed by atoms with Gasteiger partial charge in [-0.25, -0.2) is 9.78 Å². The number of nitrogens with two attached hydrogens (primary N) is 1. The van der Waals surface area contributed by atoms with Crippen LogP contribution in [0.3, 0.4) is 0 Å². The van der Waals surface area contributed by atoms with Gasteiger partial charge in [0, 0.05) is 0 Å². The molecule has 0 aliphatic heterocycles. The lowest BCUT2D eigenvalue weighted by Gasteiger charge is -1.96. The fraction of sp³-hybridized carbons (Fsp3) is 0. The van der Waals surface area contributed by atoms with Gasteiger partial charge in [0.15, 0.2) is 5.13 Å². The van der Waals surface area contributed by atoms with Crippen LogP contribution in [0.5, 0.6) is 0 Å². The predicted octanol–water partition coefficient (Wildman–Crippen LogP) is 2.23. The Morgan fingerprint density at radius 1 is 1.57 bits per heavy atom. The maximum Gasteiger partial charge on any atom is 0.337 e. The molecule has 4 nitrogen and oxygen atoms in total. The molecule has 0 aliphatic carbocycles. The average Bonchev–Trinajstić information content (AvgIpc) is 2.47. The summed E-state index contributed by atoms with van der Waals surface area (Å²) in [7, 11) is 0. The summed E-state index contributed by atoms with van der Waals surface area (Å²) in [5.74, 6) is -1.00. The second-order valence-electron chi connectivity index (χ2n) is 2.63. The number of rotatable bonds is 1. The Labute approximate surface area is 87.9 Å². The monoisotopic (exact) mass is 228 g/mol. The molecule has 0 atom stereocenters. The van der Waals surface area contributed by atoms with Crippen molar-refractivity contribution in [2.45, 2.75) is 0 Å². The van der Waals surface area contributed by atoms with Crippen LogP contribution in [0, 0.1) is 0 Å². The lowest BCUT2D eigenvalue weighted by molar-refractivity contribution is 0.0699. The summed E-state index contributed by atoms with van der Waals surface area (Å²) in [5.41, 5.74) is 6.12. The van der Waals surface area contributed by atoms with E-state index >= 15 is 0 Å². The number of carboxylic acid groups (broad SMARTS) is 1. The van der Waals surface area contributed by atoms with Gasteiger partial charge in [0.1, 0.15) is 5.52 Å². The van der Waals surface area contributed by atoms with Crippen molar-refractivity contribution in [3.05, 3.63) is 22.7 Å². The summed E-state index contributed by atoms with van der Waals surface area (Å²) in [4.78, 5) is 14.8. The number of anilines is 1. The number of hydrogen-bond acceptors (Lipinski definition) is 4. The number of nitrogen functional groups attached to an aromatic ring is 1. The lowest BCUT2D eigenvalue weighted by Crippen LogP contribution is -1.95. The molecule has 1 aromatic carbocycles. The van der Waals surface area contributed by atoms with Crippen LogP contribution in [0.2, 0.25) is 5.02 Å². The lowest BCUT2D eigenvalue weighted by atomic mass is 10.2. The van der Waals surface area contributed by atoms with Crippen molar-refractivity contribution >= 4 is 44.3 Å². The number of nitrogens with zero attached hydrogens (tertiary/aromatic N) is 1. The van der Waals surface area contributed by atoms with E-state index in [0.29, 0.717) is 20.4 Å². The van der Waals surface area contributed by atoms with Crippen LogP contribution in [-0.2, 0) is 0 Å². The fourth-order valence-corrected chi connectivity index (χ4v) is 2.28. The zero-order valence-electron chi connectivity index (χ0n) is 6.82. The molecule has 1 aromatic heterocycles. The van der Waals surface area contributed by atoms with Crippen LogP contribution in [-0.4, -0.2) is 16.1 Å². The Bertz CT molecular complexity index is 523. The summed E-state index contributed by atoms with van der Waals surface area (Å²) < 4.78 is 0.516. The van der Waals surface area contributed by atoms with E-state index in [2.05, 4.69) is 4.98 Å². The van der Waals surface area contributed by atoms with Crippen molar-refractivity contribution in [1.82, 2.24) is 4.98 Å². The minimum absolute atomic E-state index is 0.179. The normalized spacial score (nSPS) is 10.6. The van der Waals surface area contributed by atoms with E-state index in [4.69, 9.17) is 22.4 Å². The smallest absolute Gasteiger partial charge is 0.337 e. The molecule has 0 aliphatic rings. The first-order valence-electron chi connectivity index (χ1n) is 3.67. The van der Waals surface area contributed by atoms with E-state index in [-0.39, 0.29) is 5.56 Å². The number of benzene rings is 1. The third-order valence-electron chi connectivity index (χ3n) is 1.74. The highest BCUT2D eigenvalue weighted by molar-refractivity contribution is 7.22. The Balaban J connectivity index is 2.87. The molecule has 0 saturated heterocycles. The van der Waals surface area contributed by atoms with Crippen molar-refractivity contribution in [3.8, 4) is 0 Å². The minimum Gasteiger partial charge on any atom is -0.478 e. The van der Waals surface area contributed by atoms with E-state index in [9.17, 15) is 4.79 Å². The molecule has 14 heavy (non-hydrogen) atoms. The van der Waals surface area contributed by atoms with Gasteiger partial charge in [-0.3, -0.25) is 0 Å². The molecule has 1 heterocycles. The zero-order chi connectivity index (χ0) is 10.3. The maximum atomic E-state index is 10.8. The first-order chi connectivity index (χ1) is 6.59. The number of halogens is 1. The van der Waals surface area contributed by atoms with Gasteiger partial charge < -0.3 is 10.8 Å². The standard InChI is InChI=1S/C8H5ClN2O2S/c9-4-2-1-3(7(12)13)6-5(4)11-8(10)14-6/h1-2H,(H2,10,11)(H,12,13). The molecule has 72 valence electrons. The van der Waals surface area contributed by atoms with E-state index in [1.165, 1.54) is 12.1 Å². The summed E-state index contributed by atoms with van der Waals surface area (Å²) in [6.07, 6.45) is 0. The van der Waals surface area contributed by atoms with Gasteiger partial charge in [-0.05, 0) is 12.1 Å². The highest BCUT2D eigenvalue weighted by Crippen LogP contribution is 2.32. The molecule has 0 saturated carbocycles. The fourth-order valence-electron chi connectivity index (χ4n) is 1.16. The Morgan fingerprint density at radius 2 is 2.29 bits per heavy atom. The van der Waals surface area contributed by atoms with Crippen molar-refractivity contribution in [3.63, 3.8) is 0 Å². The van der Waals surface area contributed by atoms with E-state index in [1.54, 1.807) is 0 Å². The second kappa shape index (κ2) is 3.11. The average molecular weight is 229 g/mol. The molecule has 6 heteroatoms. The van der Waals surface area contributed by atoms with Gasteiger partial charge in [0.25, 0.3) is 0 Å². The van der Waals surface area contributed by atoms with Gasteiger partial charge >= 0.3 is 5.97 Å². The van der Waals surface area contributed by atoms with Crippen LogP contribution >= 0.6 is 22.9 Å². The number of aromatic nitrogens is 1. The number of aromatic carboxylic acids is 1. The molecule has 3 N–H and O–H groups in total. The molecule has 0 bridgehead atoms. The first kappa shape index (κ1) is 9.23. The van der Waals surface area contributed by atoms with E-state index < -0.39 is 5.97 Å². The number of carboxylic acids is 1. The van der Waals surface area contributed by atoms with Crippen molar-refractivity contribution in [2.75, 3.05) is 5.73 Å². The van der Waals surface area contributed by atoms with Crippen LogP contribution in [0.15, 0.2) is 12.1 Å². The van der Waals surface area contributed by atoms with Crippen LogP contribution in [0.25, 0.3) is 10.2 Å². The highest BCUT2D eigenvalue weighted by atomic mass is 35.5. The maximum absolute atomic E-state index is 10.8. The molecule has 0 radical (unpaired) electrons. The van der Waals surface area contributed by atoms with Crippen molar-refractivity contribution in [1.29, 1.82) is 0 Å². The third-order valence-corrected chi connectivity index (χ3v) is 2.96. The Hall–Kier alpha value is -1.33. The number of thiazole rings is 1. The summed E-state index contributed by atoms with van der Waals surface area (Å²) in [5, 5.41) is 9.61. The minimum atomic E-state index is -1.00. The quantitative estimate of drug-likeness (QED) is 0.785. The molecular weight excluding hydrogens is 224 g/mol. The molecular formula is C8H5ClN2O2S. The van der Waals surface area contributed by atoms with Gasteiger partial charge in [-0.1, -0.05) is 22.9 Å². The predicted molar refractivity (Wildman–Crippen MR) is 56.0 cm³/mol. The molecule has 2 rings (SSSR count). The van der Waals surface area contributed by atoms with Crippen molar-refractivity contribution < 1.29 is 9.90 Å². The summed E-state index contributed by atoms with van der Waals surface area (Å²) in [6, 6.07) is 2.96. The zero-order valence-corrected chi connectivity index (χ0v) is 8.39. The SMILES string of the molecule is Nc1nc2c(Cl)ccc(C(=O)O)c2s1. The Kier molecular flexibility index (Phi) is 2.05. The summed E-state index contributed by atoms with van der Waals surface area (Å²) in [6.45, 7) is 0. The summed E-state index contributed by atoms with van der Waals surface area (Å²) >= 11 is 6.97. The third kappa shape index (κ3) is 1.30. The van der Waals surface area contributed by atoms with Crippen LogP contribution < -0.4 is 5.73 Å². The van der Waals surface area contributed by atoms with E-state index in [1.807, 2.05) is 0 Å². The van der Waals surface area contributed by atoms with Gasteiger partial charge in [-0.15, -0.1) is 0 Å². The second-order valence-corrected chi connectivity index (χ2v) is 4.07.